The molecule has 0 fully saturated rings. The summed E-state index contributed by atoms with van der Waals surface area (Å²) in [7, 11) is 0. The lowest BCUT2D eigenvalue weighted by Crippen LogP contribution is -2.26. The van der Waals surface area contributed by atoms with Gasteiger partial charge in [0.05, 0.1) is 16.5 Å². The summed E-state index contributed by atoms with van der Waals surface area (Å²) in [6.07, 6.45) is 1.77. The smallest absolute Gasteiger partial charge is 0.264 e. The summed E-state index contributed by atoms with van der Waals surface area (Å²) in [5.41, 5.74) is 1.74. The molecule has 5 rings (SSSR count). The van der Waals surface area contributed by atoms with Crippen molar-refractivity contribution >= 4 is 45.6 Å². The Morgan fingerprint density at radius 2 is 1.91 bits per heavy atom. The first-order valence-corrected chi connectivity index (χ1v) is 11.0. The predicted octanol–water partition coefficient (Wildman–Crippen LogP) is 4.36. The van der Waals surface area contributed by atoms with Crippen LogP contribution in [0.3, 0.4) is 0 Å². The van der Waals surface area contributed by atoms with Gasteiger partial charge in [-0.15, -0.1) is 0 Å². The number of halogens is 1. The Morgan fingerprint density at radius 1 is 1.09 bits per heavy atom. The minimum atomic E-state index is -0.347. The van der Waals surface area contributed by atoms with Crippen molar-refractivity contribution in [3.8, 4) is 5.69 Å². The van der Waals surface area contributed by atoms with E-state index in [1.807, 2.05) is 55.5 Å². The number of hydrogen-bond acceptors (Lipinski definition) is 6. The van der Waals surface area contributed by atoms with E-state index in [1.54, 1.807) is 10.6 Å². The maximum Gasteiger partial charge on any atom is 0.264 e. The summed E-state index contributed by atoms with van der Waals surface area (Å²) in [5.74, 6) is 0.901. The molecule has 0 saturated carbocycles. The molecular weight excluding hydrogens is 440 g/mol. The van der Waals surface area contributed by atoms with Crippen LogP contribution in [0.1, 0.15) is 25.1 Å². The van der Waals surface area contributed by atoms with Gasteiger partial charge in [0.2, 0.25) is 5.91 Å². The zero-order chi connectivity index (χ0) is 22.9. The topological polar surface area (TPSA) is 101 Å². The number of amides is 1. The minimum absolute atomic E-state index is 0.117. The number of nitrogens with one attached hydrogen (secondary N) is 3. The van der Waals surface area contributed by atoms with Crippen LogP contribution in [0.5, 0.6) is 0 Å². The lowest BCUT2D eigenvalue weighted by molar-refractivity contribution is -0.115. The minimum Gasteiger partial charge on any atom is -0.368 e. The van der Waals surface area contributed by atoms with Crippen LogP contribution in [0.2, 0.25) is 5.02 Å². The highest BCUT2D eigenvalue weighted by molar-refractivity contribution is 6.35. The number of carbonyl (C=O) groups is 1. The summed E-state index contributed by atoms with van der Waals surface area (Å²) in [6, 6.07) is 16.4. The van der Waals surface area contributed by atoms with Crippen LogP contribution in [-0.4, -0.2) is 27.0 Å². The monoisotopic (exact) mass is 460 g/mol. The lowest BCUT2D eigenvalue weighted by Gasteiger charge is -2.23. The first-order valence-electron chi connectivity index (χ1n) is 10.6. The fourth-order valence-corrected chi connectivity index (χ4v) is 4.29. The summed E-state index contributed by atoms with van der Waals surface area (Å²) < 4.78 is 1.66. The highest BCUT2D eigenvalue weighted by Crippen LogP contribution is 2.32. The van der Waals surface area contributed by atoms with E-state index in [2.05, 4.69) is 25.9 Å². The molecule has 1 aliphatic rings. The average Bonchev–Trinajstić information content (AvgIpc) is 3.01. The molecule has 3 N–H and O–H groups in total. The van der Waals surface area contributed by atoms with E-state index < -0.39 is 0 Å². The SMILES string of the molecule is C[C@H](Nc1ncnc2c1NC(=O)CCN2)c1cc2cccc(Cl)c2c(=O)n1-c1ccccc1. The largest absolute Gasteiger partial charge is 0.368 e. The number of rotatable bonds is 4. The number of fused-ring (bicyclic) bond motifs is 2. The summed E-state index contributed by atoms with van der Waals surface area (Å²) >= 11 is 6.40. The molecule has 2 aromatic heterocycles. The van der Waals surface area contributed by atoms with E-state index in [-0.39, 0.29) is 17.5 Å². The average molecular weight is 461 g/mol. The van der Waals surface area contributed by atoms with Crippen LogP contribution >= 0.6 is 11.6 Å². The number of nitrogens with zero attached hydrogens (tertiary/aromatic N) is 3. The van der Waals surface area contributed by atoms with E-state index in [1.165, 1.54) is 6.33 Å². The van der Waals surface area contributed by atoms with Gasteiger partial charge in [-0.3, -0.25) is 14.2 Å². The third kappa shape index (κ3) is 3.89. The molecule has 0 aliphatic carbocycles. The van der Waals surface area contributed by atoms with Crippen LogP contribution in [-0.2, 0) is 4.79 Å². The number of anilines is 3. The molecule has 0 unspecified atom stereocenters. The van der Waals surface area contributed by atoms with E-state index in [9.17, 15) is 9.59 Å². The number of hydrogen-bond donors (Lipinski definition) is 3. The zero-order valence-electron chi connectivity index (χ0n) is 17.8. The number of pyridine rings is 1. The van der Waals surface area contributed by atoms with Gasteiger partial charge in [0.1, 0.15) is 12.0 Å². The lowest BCUT2D eigenvalue weighted by atomic mass is 10.1. The van der Waals surface area contributed by atoms with Crippen LogP contribution in [0.15, 0.2) is 65.7 Å². The molecular formula is C24H21ClN6O2. The molecule has 9 heteroatoms. The van der Waals surface area contributed by atoms with Gasteiger partial charge in [-0.05, 0) is 36.6 Å². The van der Waals surface area contributed by atoms with Gasteiger partial charge in [0, 0.05) is 24.3 Å². The maximum atomic E-state index is 13.6. The fraction of sp³-hybridized carbons (Fsp3) is 0.167. The first kappa shape index (κ1) is 21.0. The Bertz CT molecular complexity index is 1420. The van der Waals surface area contributed by atoms with Crippen LogP contribution in [0, 0.1) is 0 Å². The normalized spacial score (nSPS) is 14.1. The third-order valence-electron chi connectivity index (χ3n) is 5.59. The van der Waals surface area contributed by atoms with Crippen LogP contribution < -0.4 is 21.5 Å². The second-order valence-corrected chi connectivity index (χ2v) is 8.19. The van der Waals surface area contributed by atoms with E-state index >= 15 is 0 Å². The van der Waals surface area contributed by atoms with Crippen molar-refractivity contribution in [2.45, 2.75) is 19.4 Å². The third-order valence-corrected chi connectivity index (χ3v) is 5.91. The standard InChI is InChI=1S/C24H21ClN6O2/c1-14(29-23-21-22(27-13-28-23)26-11-10-19(32)30-21)18-12-15-6-5-9-17(25)20(15)24(33)31(18)16-7-3-2-4-8-16/h2-9,12-14H,10-11H2,1H3,(H,30,32)(H2,26,27,28,29)/t14-/m0/s1. The predicted molar refractivity (Wildman–Crippen MR) is 130 cm³/mol. The molecule has 1 amide bonds. The van der Waals surface area contributed by atoms with Crippen LogP contribution in [0.25, 0.3) is 16.5 Å². The second kappa shape index (κ2) is 8.55. The maximum absolute atomic E-state index is 13.6. The molecule has 33 heavy (non-hydrogen) atoms. The van der Waals surface area contributed by atoms with Crippen molar-refractivity contribution < 1.29 is 4.79 Å². The molecule has 3 heterocycles. The van der Waals surface area contributed by atoms with Gasteiger partial charge < -0.3 is 16.0 Å². The summed E-state index contributed by atoms with van der Waals surface area (Å²) in [6.45, 7) is 2.43. The summed E-state index contributed by atoms with van der Waals surface area (Å²) in [5, 5.41) is 11.0. The molecule has 166 valence electrons. The van der Waals surface area contributed by atoms with Crippen molar-refractivity contribution in [1.29, 1.82) is 0 Å². The molecule has 0 spiro atoms. The Hall–Kier alpha value is -3.91. The molecule has 4 aromatic rings. The number of para-hydroxylation sites is 1. The second-order valence-electron chi connectivity index (χ2n) is 7.79. The molecule has 1 atom stereocenters. The molecule has 2 aromatic carbocycles. The number of benzene rings is 2. The van der Waals surface area contributed by atoms with E-state index in [0.29, 0.717) is 40.7 Å². The number of carbonyl (C=O) groups excluding carboxylic acids is 1. The first-order chi connectivity index (χ1) is 16.0. The van der Waals surface area contributed by atoms with Gasteiger partial charge in [-0.25, -0.2) is 9.97 Å². The quantitative estimate of drug-likeness (QED) is 0.418. The van der Waals surface area contributed by atoms with Crippen LogP contribution in [0.4, 0.5) is 17.3 Å². The Labute approximate surface area is 194 Å². The Balaban J connectivity index is 1.65. The van der Waals surface area contributed by atoms with Gasteiger partial charge in [0.15, 0.2) is 11.6 Å². The van der Waals surface area contributed by atoms with Crippen molar-refractivity contribution in [3.05, 3.63) is 82.0 Å². The van der Waals surface area contributed by atoms with Crippen molar-refractivity contribution in [1.82, 2.24) is 14.5 Å². The zero-order valence-corrected chi connectivity index (χ0v) is 18.6. The molecule has 0 radical (unpaired) electrons. The van der Waals surface area contributed by atoms with Gasteiger partial charge in [-0.1, -0.05) is 41.9 Å². The highest BCUT2D eigenvalue weighted by atomic mass is 35.5. The Kier molecular flexibility index (Phi) is 5.43. The van der Waals surface area contributed by atoms with Crippen molar-refractivity contribution in [2.24, 2.45) is 0 Å². The highest BCUT2D eigenvalue weighted by Gasteiger charge is 2.22. The fourth-order valence-electron chi connectivity index (χ4n) is 4.02. The van der Waals surface area contributed by atoms with E-state index in [4.69, 9.17) is 11.6 Å². The van der Waals surface area contributed by atoms with Gasteiger partial charge >= 0.3 is 0 Å². The molecule has 1 aliphatic heterocycles. The van der Waals surface area contributed by atoms with Crippen molar-refractivity contribution in [3.63, 3.8) is 0 Å². The number of aromatic nitrogens is 3. The molecule has 0 saturated heterocycles. The van der Waals surface area contributed by atoms with E-state index in [0.717, 1.165) is 16.8 Å². The molecule has 8 nitrogen and oxygen atoms in total. The molecule has 0 bridgehead atoms. The van der Waals surface area contributed by atoms with Gasteiger partial charge in [-0.2, -0.15) is 0 Å². The Morgan fingerprint density at radius 3 is 2.73 bits per heavy atom. The summed E-state index contributed by atoms with van der Waals surface area (Å²) in [4.78, 5) is 34.3. The van der Waals surface area contributed by atoms with Crippen molar-refractivity contribution in [2.75, 3.05) is 22.5 Å². The van der Waals surface area contributed by atoms with Gasteiger partial charge in [0.25, 0.3) is 5.56 Å².